The van der Waals surface area contributed by atoms with Gasteiger partial charge < -0.3 is 20.6 Å². The van der Waals surface area contributed by atoms with Gasteiger partial charge in [-0.1, -0.05) is 20.8 Å². The summed E-state index contributed by atoms with van der Waals surface area (Å²) in [6.45, 7) is 9.09. The maximum Gasteiger partial charge on any atom is 0.245 e. The Morgan fingerprint density at radius 3 is 2.26 bits per heavy atom. The minimum absolute atomic E-state index is 0.0274. The van der Waals surface area contributed by atoms with Crippen LogP contribution in [0.2, 0.25) is 0 Å². The molecule has 8 nitrogen and oxygen atoms in total. The first kappa shape index (κ1) is 28.1. The van der Waals surface area contributed by atoms with E-state index in [2.05, 4.69) is 10.6 Å². The number of fused-ring (bicyclic) bond motifs is 1. The topological polar surface area (TPSA) is 102 Å². The zero-order valence-electron chi connectivity index (χ0n) is 20.6. The minimum atomic E-state index is -1.03. The van der Waals surface area contributed by atoms with Crippen molar-refractivity contribution in [2.45, 2.75) is 64.7 Å². The van der Waals surface area contributed by atoms with Crippen molar-refractivity contribution in [1.29, 1.82) is 0 Å². The van der Waals surface area contributed by atoms with Gasteiger partial charge in [-0.05, 0) is 44.4 Å². The fraction of sp³-hybridized carbons (Fsp3) is 0.652. The lowest BCUT2D eigenvalue weighted by molar-refractivity contribution is -0.140. The highest BCUT2D eigenvalue weighted by Crippen LogP contribution is 2.34. The van der Waals surface area contributed by atoms with E-state index in [0.29, 0.717) is 6.54 Å². The summed E-state index contributed by atoms with van der Waals surface area (Å²) in [4.78, 5) is 27.5. The molecule has 2 heterocycles. The molecular weight excluding hydrogens is 466 g/mol. The molecule has 0 saturated carbocycles. The summed E-state index contributed by atoms with van der Waals surface area (Å²) in [6.07, 6.45) is 3.38. The summed E-state index contributed by atoms with van der Waals surface area (Å²) < 4.78 is 37.9. The van der Waals surface area contributed by atoms with Gasteiger partial charge in [-0.15, -0.1) is 0 Å². The van der Waals surface area contributed by atoms with Crippen LogP contribution in [0.3, 0.4) is 0 Å². The lowest BCUT2D eigenvalue weighted by Crippen LogP contribution is -2.58. The summed E-state index contributed by atoms with van der Waals surface area (Å²) in [5, 5.41) is 14.4. The first-order chi connectivity index (χ1) is 15.8. The van der Waals surface area contributed by atoms with Crippen molar-refractivity contribution >= 4 is 22.8 Å². The standard InChI is InChI=1S/C17H32N4O3S.C6H4F2O/c1-11(18-5)15(22)19-14(17(2,3)4)16(23)20-9-7-13-12(20)8-10-21(13)25(6)24;7-5-2-1-4(9)3-6(5)8/h11-14,18H,7-10H2,1-6H3,(H,19,22);1-3,9H/t11-,12?,13?,14?,25?;/m0./s1. The van der Waals surface area contributed by atoms with Crippen molar-refractivity contribution in [2.24, 2.45) is 5.41 Å². The van der Waals surface area contributed by atoms with E-state index in [1.54, 1.807) is 20.2 Å². The van der Waals surface area contributed by atoms with Gasteiger partial charge >= 0.3 is 0 Å². The average Bonchev–Trinajstić information content (AvgIpc) is 3.35. The van der Waals surface area contributed by atoms with Crippen molar-refractivity contribution in [3.8, 4) is 5.75 Å². The first-order valence-corrected chi connectivity index (χ1v) is 12.8. The lowest BCUT2D eigenvalue weighted by atomic mass is 9.85. The number of likely N-dealkylation sites (N-methyl/N-ethyl adjacent to an activating group) is 1. The molecule has 192 valence electrons. The van der Waals surface area contributed by atoms with Gasteiger partial charge in [-0.3, -0.25) is 9.59 Å². The third-order valence-corrected chi connectivity index (χ3v) is 7.38. The predicted molar refractivity (Wildman–Crippen MR) is 127 cm³/mol. The summed E-state index contributed by atoms with van der Waals surface area (Å²) in [7, 11) is 0.717. The van der Waals surface area contributed by atoms with Crippen LogP contribution in [0, 0.1) is 17.0 Å². The quantitative estimate of drug-likeness (QED) is 0.570. The number of benzene rings is 1. The van der Waals surface area contributed by atoms with E-state index in [-0.39, 0.29) is 41.1 Å². The Morgan fingerprint density at radius 2 is 1.76 bits per heavy atom. The van der Waals surface area contributed by atoms with E-state index in [0.717, 1.165) is 37.6 Å². The molecule has 2 saturated heterocycles. The monoisotopic (exact) mass is 502 g/mol. The Kier molecular flexibility index (Phi) is 9.55. The highest BCUT2D eigenvalue weighted by molar-refractivity contribution is 7.81. The van der Waals surface area contributed by atoms with Gasteiger partial charge in [0.15, 0.2) is 11.6 Å². The number of carbonyl (C=O) groups is 2. The summed E-state index contributed by atoms with van der Waals surface area (Å²) >= 11 is 0. The van der Waals surface area contributed by atoms with Gasteiger partial charge in [0.1, 0.15) is 11.8 Å². The molecule has 4 unspecified atom stereocenters. The fourth-order valence-corrected chi connectivity index (χ4v) is 5.23. The molecule has 0 radical (unpaired) electrons. The molecular formula is C23H36F2N4O4S. The maximum absolute atomic E-state index is 13.3. The lowest BCUT2D eigenvalue weighted by Gasteiger charge is -2.36. The molecule has 5 atom stereocenters. The van der Waals surface area contributed by atoms with Crippen molar-refractivity contribution < 1.29 is 27.7 Å². The molecule has 2 amide bonds. The van der Waals surface area contributed by atoms with Crippen LogP contribution in [0.15, 0.2) is 18.2 Å². The average molecular weight is 503 g/mol. The third-order valence-electron chi connectivity index (χ3n) is 6.27. The van der Waals surface area contributed by atoms with Gasteiger partial charge in [0, 0.05) is 37.5 Å². The van der Waals surface area contributed by atoms with Crippen molar-refractivity contribution in [2.75, 3.05) is 26.4 Å². The van der Waals surface area contributed by atoms with E-state index >= 15 is 0 Å². The molecule has 0 spiro atoms. The number of hydrogen-bond acceptors (Lipinski definition) is 5. The Labute approximate surface area is 202 Å². The molecule has 11 heteroatoms. The van der Waals surface area contributed by atoms with E-state index in [1.807, 2.05) is 30.0 Å². The molecule has 2 aliphatic rings. The highest BCUT2D eigenvalue weighted by Gasteiger charge is 2.48. The largest absolute Gasteiger partial charge is 0.508 e. The molecule has 0 aliphatic carbocycles. The number of phenols is 1. The van der Waals surface area contributed by atoms with Gasteiger partial charge in [0.2, 0.25) is 11.8 Å². The predicted octanol–water partition coefficient (Wildman–Crippen LogP) is 1.76. The van der Waals surface area contributed by atoms with Gasteiger partial charge in [0.05, 0.1) is 17.0 Å². The molecule has 2 aliphatic heterocycles. The van der Waals surface area contributed by atoms with Crippen molar-refractivity contribution in [3.63, 3.8) is 0 Å². The van der Waals surface area contributed by atoms with Crippen LogP contribution in [0.5, 0.6) is 5.75 Å². The fourth-order valence-electron chi connectivity index (χ4n) is 4.24. The number of halogens is 2. The molecule has 2 fully saturated rings. The van der Waals surface area contributed by atoms with E-state index < -0.39 is 28.7 Å². The zero-order chi connectivity index (χ0) is 25.8. The number of phenolic OH excluding ortho intramolecular Hbond substituents is 1. The number of rotatable bonds is 5. The number of amides is 2. The van der Waals surface area contributed by atoms with Crippen LogP contribution in [0.25, 0.3) is 0 Å². The van der Waals surface area contributed by atoms with Gasteiger partial charge in [-0.2, -0.15) is 0 Å². The Hall–Kier alpha value is -2.11. The number of likely N-dealkylation sites (tertiary alicyclic amines) is 1. The van der Waals surface area contributed by atoms with Crippen molar-refractivity contribution in [1.82, 2.24) is 19.8 Å². The minimum Gasteiger partial charge on any atom is -0.508 e. The second-order valence-electron chi connectivity index (χ2n) is 9.72. The number of carbonyl (C=O) groups excluding carboxylic acids is 2. The summed E-state index contributed by atoms with van der Waals surface area (Å²) in [5.74, 6) is -2.45. The maximum atomic E-state index is 13.3. The second-order valence-corrected chi connectivity index (χ2v) is 11.0. The number of nitrogens with one attached hydrogen (secondary N) is 2. The Bertz CT molecular complexity index is 911. The van der Waals surface area contributed by atoms with Crippen LogP contribution in [0.4, 0.5) is 8.78 Å². The van der Waals surface area contributed by atoms with Crippen LogP contribution in [-0.2, 0) is 20.6 Å². The highest BCUT2D eigenvalue weighted by atomic mass is 32.2. The summed E-state index contributed by atoms with van der Waals surface area (Å²) in [5.41, 5.74) is -0.385. The first-order valence-electron chi connectivity index (χ1n) is 11.3. The number of nitrogens with zero attached hydrogens (tertiary/aromatic N) is 2. The Balaban J connectivity index is 0.000000379. The molecule has 3 rings (SSSR count). The van der Waals surface area contributed by atoms with Crippen LogP contribution < -0.4 is 10.6 Å². The molecule has 1 aromatic carbocycles. The zero-order valence-corrected chi connectivity index (χ0v) is 21.4. The van der Waals surface area contributed by atoms with Crippen LogP contribution in [0.1, 0.15) is 40.5 Å². The molecule has 1 aromatic rings. The Morgan fingerprint density at radius 1 is 1.15 bits per heavy atom. The molecule has 0 bridgehead atoms. The normalized spacial score (nSPS) is 22.9. The SMILES string of the molecule is CN[C@@H](C)C(=O)NC(C(=O)N1CCC2C1CCN2S(C)=O)C(C)(C)C.Oc1ccc(F)c(F)c1. The van der Waals surface area contributed by atoms with E-state index in [4.69, 9.17) is 5.11 Å². The van der Waals surface area contributed by atoms with E-state index in [1.165, 1.54) is 0 Å². The van der Waals surface area contributed by atoms with Crippen LogP contribution >= 0.6 is 0 Å². The van der Waals surface area contributed by atoms with Crippen LogP contribution in [-0.4, -0.2) is 80.9 Å². The number of aromatic hydroxyl groups is 1. The smallest absolute Gasteiger partial charge is 0.245 e. The van der Waals surface area contributed by atoms with Gasteiger partial charge in [0.25, 0.3) is 0 Å². The summed E-state index contributed by atoms with van der Waals surface area (Å²) in [6, 6.07) is 2.00. The third kappa shape index (κ3) is 6.73. The van der Waals surface area contributed by atoms with E-state index in [9.17, 15) is 22.6 Å². The molecule has 0 aromatic heterocycles. The number of hydrogen-bond donors (Lipinski definition) is 3. The second kappa shape index (κ2) is 11.5. The van der Waals surface area contributed by atoms with Gasteiger partial charge in [-0.25, -0.2) is 17.3 Å². The van der Waals surface area contributed by atoms with Crippen molar-refractivity contribution in [3.05, 3.63) is 29.8 Å². The molecule has 34 heavy (non-hydrogen) atoms. The molecule has 3 N–H and O–H groups in total.